The highest BCUT2D eigenvalue weighted by Crippen LogP contribution is 2.24. The van der Waals surface area contributed by atoms with Crippen molar-refractivity contribution < 1.29 is 9.47 Å². The van der Waals surface area contributed by atoms with Crippen LogP contribution in [0.2, 0.25) is 5.02 Å². The Labute approximate surface area is 176 Å². The zero-order valence-corrected chi connectivity index (χ0v) is 17.1. The largest absolute Gasteiger partial charge is 0.378 e. The van der Waals surface area contributed by atoms with Gasteiger partial charge in [-0.05, 0) is 37.1 Å². The molecule has 0 radical (unpaired) electrons. The van der Waals surface area contributed by atoms with Crippen LogP contribution in [0.3, 0.4) is 0 Å². The van der Waals surface area contributed by atoms with Crippen molar-refractivity contribution in [3.05, 3.63) is 35.5 Å². The smallest absolute Gasteiger partial charge is 0.229 e. The van der Waals surface area contributed by atoms with E-state index in [9.17, 15) is 0 Å². The van der Waals surface area contributed by atoms with Gasteiger partial charge in [0, 0.05) is 37.6 Å². The van der Waals surface area contributed by atoms with E-state index in [1.54, 1.807) is 6.20 Å². The van der Waals surface area contributed by atoms with Crippen LogP contribution >= 0.6 is 24.0 Å². The number of anilines is 4. The van der Waals surface area contributed by atoms with Crippen molar-refractivity contribution in [2.24, 2.45) is 0 Å². The highest BCUT2D eigenvalue weighted by Gasteiger charge is 2.16. The monoisotopic (exact) mass is 425 g/mol. The normalized spacial score (nSPS) is 19.2. The maximum absolute atomic E-state index is 6.22. The number of aromatic nitrogens is 2. The third-order valence-corrected chi connectivity index (χ3v) is 5.04. The van der Waals surface area contributed by atoms with Crippen molar-refractivity contribution in [2.45, 2.75) is 18.9 Å². The highest BCUT2D eigenvalue weighted by atomic mass is 35.5. The summed E-state index contributed by atoms with van der Waals surface area (Å²) in [5.74, 6) is 1.13. The minimum absolute atomic E-state index is 0. The first-order valence-corrected chi connectivity index (χ1v) is 9.73. The van der Waals surface area contributed by atoms with E-state index < -0.39 is 0 Å². The van der Waals surface area contributed by atoms with Gasteiger partial charge < -0.3 is 25.0 Å². The molecule has 1 aromatic carbocycles. The molecule has 2 aliphatic heterocycles. The molecule has 7 nitrogen and oxygen atoms in total. The lowest BCUT2D eigenvalue weighted by atomic mass is 10.2. The molecular weight excluding hydrogens is 401 g/mol. The lowest BCUT2D eigenvalue weighted by molar-refractivity contribution is 0.120. The first kappa shape index (κ1) is 20.9. The summed E-state index contributed by atoms with van der Waals surface area (Å²) in [7, 11) is 0. The van der Waals surface area contributed by atoms with Crippen molar-refractivity contribution in [1.29, 1.82) is 0 Å². The quantitative estimate of drug-likeness (QED) is 0.730. The Balaban J connectivity index is 0.00000225. The zero-order chi connectivity index (χ0) is 18.5. The summed E-state index contributed by atoms with van der Waals surface area (Å²) in [5.41, 5.74) is 2.12. The molecule has 152 valence electrons. The zero-order valence-electron chi connectivity index (χ0n) is 15.6. The molecule has 0 spiro atoms. The molecule has 9 heteroatoms. The number of ether oxygens (including phenoxy) is 2. The molecule has 2 N–H and O–H groups in total. The van der Waals surface area contributed by atoms with Gasteiger partial charge in [0.2, 0.25) is 5.95 Å². The Hall–Kier alpha value is -1.80. The molecule has 0 amide bonds. The van der Waals surface area contributed by atoms with Crippen LogP contribution in [-0.4, -0.2) is 55.5 Å². The van der Waals surface area contributed by atoms with Gasteiger partial charge in [-0.2, -0.15) is 4.98 Å². The summed E-state index contributed by atoms with van der Waals surface area (Å²) in [6.45, 7) is 4.93. The fourth-order valence-electron chi connectivity index (χ4n) is 3.27. The molecule has 1 atom stereocenters. The van der Waals surface area contributed by atoms with Crippen LogP contribution in [0.4, 0.5) is 23.1 Å². The van der Waals surface area contributed by atoms with Gasteiger partial charge in [0.15, 0.2) is 5.82 Å². The van der Waals surface area contributed by atoms with Crippen LogP contribution in [-0.2, 0) is 9.47 Å². The average molecular weight is 426 g/mol. The van der Waals surface area contributed by atoms with Crippen molar-refractivity contribution in [2.75, 3.05) is 55.0 Å². The summed E-state index contributed by atoms with van der Waals surface area (Å²) >= 11 is 6.22. The van der Waals surface area contributed by atoms with E-state index in [0.29, 0.717) is 23.3 Å². The van der Waals surface area contributed by atoms with E-state index in [0.717, 1.165) is 51.4 Å². The van der Waals surface area contributed by atoms with E-state index in [4.69, 9.17) is 21.1 Å². The minimum Gasteiger partial charge on any atom is -0.378 e. The van der Waals surface area contributed by atoms with E-state index in [1.807, 2.05) is 12.1 Å². The molecule has 2 fully saturated rings. The number of hydrogen-bond acceptors (Lipinski definition) is 7. The SMILES string of the molecule is Cl.Clc1cnc(Nc2ccc(N3CCOCC3)cc2)nc1NCC1CCCO1. The van der Waals surface area contributed by atoms with E-state index >= 15 is 0 Å². The molecule has 1 unspecified atom stereocenters. The number of halogens is 2. The molecule has 28 heavy (non-hydrogen) atoms. The predicted molar refractivity (Wildman–Crippen MR) is 115 cm³/mol. The molecule has 2 aromatic rings. The Morgan fingerprint density at radius 1 is 1.14 bits per heavy atom. The predicted octanol–water partition coefficient (Wildman–Crippen LogP) is 3.72. The maximum atomic E-state index is 6.22. The molecule has 2 aliphatic rings. The number of hydrogen-bond donors (Lipinski definition) is 2. The van der Waals surface area contributed by atoms with Gasteiger partial charge in [0.1, 0.15) is 5.02 Å². The molecular formula is C19H25Cl2N5O2. The topological polar surface area (TPSA) is 71.5 Å². The molecule has 0 aliphatic carbocycles. The van der Waals surface area contributed by atoms with Crippen LogP contribution < -0.4 is 15.5 Å². The second-order valence-corrected chi connectivity index (χ2v) is 7.08. The summed E-state index contributed by atoms with van der Waals surface area (Å²) in [6, 6.07) is 8.25. The Morgan fingerprint density at radius 3 is 2.64 bits per heavy atom. The van der Waals surface area contributed by atoms with Crippen LogP contribution in [0.1, 0.15) is 12.8 Å². The van der Waals surface area contributed by atoms with Crippen LogP contribution in [0.5, 0.6) is 0 Å². The number of benzene rings is 1. The van der Waals surface area contributed by atoms with Crippen molar-refractivity contribution in [1.82, 2.24) is 9.97 Å². The van der Waals surface area contributed by atoms with Crippen molar-refractivity contribution in [3.63, 3.8) is 0 Å². The van der Waals surface area contributed by atoms with Gasteiger partial charge >= 0.3 is 0 Å². The number of rotatable bonds is 6. The third kappa shape index (κ3) is 5.38. The van der Waals surface area contributed by atoms with Crippen LogP contribution in [0, 0.1) is 0 Å². The second kappa shape index (κ2) is 10.1. The summed E-state index contributed by atoms with van der Waals surface area (Å²) in [4.78, 5) is 11.1. The molecule has 3 heterocycles. The summed E-state index contributed by atoms with van der Waals surface area (Å²) in [5, 5.41) is 7.00. The maximum Gasteiger partial charge on any atom is 0.229 e. The number of morpholine rings is 1. The lowest BCUT2D eigenvalue weighted by Gasteiger charge is -2.28. The van der Waals surface area contributed by atoms with Gasteiger partial charge in [-0.1, -0.05) is 11.6 Å². The molecule has 0 bridgehead atoms. The number of nitrogens with one attached hydrogen (secondary N) is 2. The molecule has 4 rings (SSSR count). The minimum atomic E-state index is 0. The standard InChI is InChI=1S/C19H24ClN5O2.ClH/c20-17-13-22-19(24-18(17)21-12-16-2-1-9-27-16)23-14-3-5-15(6-4-14)25-7-10-26-11-8-25;/h3-6,13,16H,1-2,7-12H2,(H2,21,22,23,24);1H. The van der Waals surface area contributed by atoms with Gasteiger partial charge in [-0.3, -0.25) is 0 Å². The first-order valence-electron chi connectivity index (χ1n) is 9.36. The fourth-order valence-corrected chi connectivity index (χ4v) is 3.43. The average Bonchev–Trinajstić information content (AvgIpc) is 3.23. The molecule has 0 saturated carbocycles. The number of nitrogens with zero attached hydrogens (tertiary/aromatic N) is 3. The summed E-state index contributed by atoms with van der Waals surface area (Å²) in [6.07, 6.45) is 4.00. The van der Waals surface area contributed by atoms with Crippen molar-refractivity contribution in [3.8, 4) is 0 Å². The molecule has 2 saturated heterocycles. The van der Waals surface area contributed by atoms with Gasteiger partial charge in [0.25, 0.3) is 0 Å². The van der Waals surface area contributed by atoms with Gasteiger partial charge in [-0.15, -0.1) is 12.4 Å². The first-order chi connectivity index (χ1) is 13.3. The Bertz CT molecular complexity index is 750. The highest BCUT2D eigenvalue weighted by molar-refractivity contribution is 6.32. The van der Waals surface area contributed by atoms with Crippen LogP contribution in [0.15, 0.2) is 30.5 Å². The van der Waals surface area contributed by atoms with E-state index in [2.05, 4.69) is 37.6 Å². The fraction of sp³-hybridized carbons (Fsp3) is 0.474. The van der Waals surface area contributed by atoms with Crippen LogP contribution in [0.25, 0.3) is 0 Å². The van der Waals surface area contributed by atoms with E-state index in [1.165, 1.54) is 5.69 Å². The van der Waals surface area contributed by atoms with Crippen molar-refractivity contribution >= 4 is 47.1 Å². The molecule has 1 aromatic heterocycles. The lowest BCUT2D eigenvalue weighted by Crippen LogP contribution is -2.36. The third-order valence-electron chi connectivity index (χ3n) is 4.76. The Kier molecular flexibility index (Phi) is 7.56. The Morgan fingerprint density at radius 2 is 1.93 bits per heavy atom. The summed E-state index contributed by atoms with van der Waals surface area (Å²) < 4.78 is 11.0. The van der Waals surface area contributed by atoms with Gasteiger partial charge in [0.05, 0.1) is 25.5 Å². The van der Waals surface area contributed by atoms with E-state index in [-0.39, 0.29) is 18.5 Å². The second-order valence-electron chi connectivity index (χ2n) is 6.68. The van der Waals surface area contributed by atoms with Gasteiger partial charge in [-0.25, -0.2) is 4.98 Å².